The van der Waals surface area contributed by atoms with Gasteiger partial charge in [-0.05, 0) is 27.7 Å². The number of carbonyl (C=O) groups excluding carboxylic acids is 1. The molecular weight excluding hydrogens is 228 g/mol. The van der Waals surface area contributed by atoms with E-state index in [9.17, 15) is 4.79 Å². The largest absolute Gasteiger partial charge is 0.512 e. The van der Waals surface area contributed by atoms with E-state index in [0.717, 1.165) is 0 Å². The van der Waals surface area contributed by atoms with Crippen LogP contribution in [0.2, 0.25) is 6.04 Å². The highest BCUT2D eigenvalue weighted by Crippen LogP contribution is 2.16. The Kier molecular flexibility index (Phi) is 8.45. The first-order chi connectivity index (χ1) is 7.64. The third-order valence-electron chi connectivity index (χ3n) is 1.76. The average molecular weight is 250 g/mol. The fourth-order valence-electron chi connectivity index (χ4n) is 1.33. The molecule has 0 spiro atoms. The SMILES string of the molecule is CCOC(=O)C[Si](OCC)(OCC)OCC. The zero-order valence-corrected chi connectivity index (χ0v) is 11.6. The smallest absolute Gasteiger partial charge is 0.466 e. The first-order valence-corrected chi connectivity index (χ1v) is 7.64. The van der Waals surface area contributed by atoms with Crippen LogP contribution in [-0.2, 0) is 22.8 Å². The van der Waals surface area contributed by atoms with E-state index in [4.69, 9.17) is 18.0 Å². The summed E-state index contributed by atoms with van der Waals surface area (Å²) in [4.78, 5) is 11.5. The highest BCUT2D eigenvalue weighted by Gasteiger charge is 2.43. The summed E-state index contributed by atoms with van der Waals surface area (Å²) >= 11 is 0. The van der Waals surface area contributed by atoms with Crippen LogP contribution in [0.4, 0.5) is 0 Å². The molecule has 0 fully saturated rings. The van der Waals surface area contributed by atoms with E-state index in [1.54, 1.807) is 6.92 Å². The highest BCUT2D eigenvalue weighted by atomic mass is 28.4. The molecule has 0 atom stereocenters. The third-order valence-corrected chi connectivity index (χ3v) is 4.67. The van der Waals surface area contributed by atoms with Crippen molar-refractivity contribution in [1.82, 2.24) is 0 Å². The molecule has 0 saturated carbocycles. The molecule has 0 heterocycles. The van der Waals surface area contributed by atoms with E-state index >= 15 is 0 Å². The predicted octanol–water partition coefficient (Wildman–Crippen LogP) is 1.60. The van der Waals surface area contributed by atoms with Crippen LogP contribution in [0.1, 0.15) is 27.7 Å². The molecule has 0 aromatic rings. The Morgan fingerprint density at radius 3 is 1.62 bits per heavy atom. The highest BCUT2D eigenvalue weighted by molar-refractivity contribution is 6.64. The fraction of sp³-hybridized carbons (Fsp3) is 0.900. The van der Waals surface area contributed by atoms with E-state index in [-0.39, 0.29) is 12.0 Å². The van der Waals surface area contributed by atoms with Gasteiger partial charge < -0.3 is 18.0 Å². The van der Waals surface area contributed by atoms with Crippen molar-refractivity contribution in [2.24, 2.45) is 0 Å². The molecular formula is C10H22O5Si. The Morgan fingerprint density at radius 1 is 0.875 bits per heavy atom. The number of rotatable bonds is 9. The van der Waals surface area contributed by atoms with Crippen LogP contribution in [0.15, 0.2) is 0 Å². The molecule has 0 unspecified atom stereocenters. The van der Waals surface area contributed by atoms with Crippen LogP contribution in [0, 0.1) is 0 Å². The summed E-state index contributed by atoms with van der Waals surface area (Å²) in [6.45, 7) is 9.07. The second-order valence-corrected chi connectivity index (χ2v) is 5.55. The monoisotopic (exact) mass is 250 g/mol. The average Bonchev–Trinajstić information content (AvgIpc) is 2.18. The van der Waals surface area contributed by atoms with Crippen LogP contribution < -0.4 is 0 Å². The van der Waals surface area contributed by atoms with Crippen molar-refractivity contribution >= 4 is 14.8 Å². The first kappa shape index (κ1) is 15.6. The normalized spacial score (nSPS) is 11.5. The standard InChI is InChI=1S/C10H22O5Si/c1-5-12-10(11)9-16(13-6-2,14-7-3)15-8-4/h5-9H2,1-4H3. The minimum Gasteiger partial charge on any atom is -0.466 e. The third kappa shape index (κ3) is 5.60. The lowest BCUT2D eigenvalue weighted by Gasteiger charge is -2.27. The van der Waals surface area contributed by atoms with E-state index in [0.29, 0.717) is 26.4 Å². The quantitative estimate of drug-likeness (QED) is 0.459. The Labute approximate surface area is 98.4 Å². The Balaban J connectivity index is 4.51. The molecule has 0 rings (SSSR count). The second kappa shape index (κ2) is 8.69. The predicted molar refractivity (Wildman–Crippen MR) is 62.1 cm³/mol. The number of hydrogen-bond donors (Lipinski definition) is 0. The van der Waals surface area contributed by atoms with Gasteiger partial charge >= 0.3 is 14.8 Å². The molecule has 0 aliphatic rings. The summed E-state index contributed by atoms with van der Waals surface area (Å²) in [5.74, 6) is -0.329. The minimum absolute atomic E-state index is 0.0797. The molecule has 0 aliphatic heterocycles. The van der Waals surface area contributed by atoms with Gasteiger partial charge in [0, 0.05) is 19.8 Å². The van der Waals surface area contributed by atoms with Crippen molar-refractivity contribution in [2.75, 3.05) is 26.4 Å². The maximum Gasteiger partial charge on any atom is 0.512 e. The summed E-state index contributed by atoms with van der Waals surface area (Å²) in [5.41, 5.74) is 0. The van der Waals surface area contributed by atoms with Crippen molar-refractivity contribution < 1.29 is 22.8 Å². The Hall–Kier alpha value is -0.433. The van der Waals surface area contributed by atoms with Gasteiger partial charge in [-0.15, -0.1) is 0 Å². The van der Waals surface area contributed by atoms with Gasteiger partial charge in [0.1, 0.15) is 6.04 Å². The van der Waals surface area contributed by atoms with Crippen LogP contribution in [0.5, 0.6) is 0 Å². The maximum atomic E-state index is 11.5. The van der Waals surface area contributed by atoms with E-state index < -0.39 is 8.80 Å². The Bertz CT molecular complexity index is 181. The lowest BCUT2D eigenvalue weighted by Crippen LogP contribution is -2.48. The van der Waals surface area contributed by atoms with E-state index in [1.807, 2.05) is 20.8 Å². The topological polar surface area (TPSA) is 54.0 Å². The van der Waals surface area contributed by atoms with Crippen LogP contribution in [0.25, 0.3) is 0 Å². The summed E-state index contributed by atoms with van der Waals surface area (Å²) < 4.78 is 21.5. The van der Waals surface area contributed by atoms with Gasteiger partial charge in [-0.3, -0.25) is 4.79 Å². The molecule has 0 amide bonds. The van der Waals surface area contributed by atoms with Gasteiger partial charge in [0.2, 0.25) is 0 Å². The van der Waals surface area contributed by atoms with Gasteiger partial charge in [0.05, 0.1) is 6.61 Å². The molecule has 0 N–H and O–H groups in total. The number of esters is 1. The molecule has 0 bridgehead atoms. The second-order valence-electron chi connectivity index (χ2n) is 2.96. The minimum atomic E-state index is -2.87. The Morgan fingerprint density at radius 2 is 1.31 bits per heavy atom. The van der Waals surface area contributed by atoms with E-state index in [1.165, 1.54) is 0 Å². The maximum absolute atomic E-state index is 11.5. The number of ether oxygens (including phenoxy) is 1. The molecule has 0 aromatic heterocycles. The van der Waals surface area contributed by atoms with E-state index in [2.05, 4.69) is 0 Å². The lowest BCUT2D eigenvalue weighted by atomic mass is 10.8. The first-order valence-electron chi connectivity index (χ1n) is 5.71. The van der Waals surface area contributed by atoms with Gasteiger partial charge in [-0.25, -0.2) is 0 Å². The van der Waals surface area contributed by atoms with Gasteiger partial charge in [-0.1, -0.05) is 0 Å². The summed E-state index contributed by atoms with van der Waals surface area (Å²) in [6, 6.07) is 0.0797. The molecule has 0 saturated heterocycles. The molecule has 16 heavy (non-hydrogen) atoms. The van der Waals surface area contributed by atoms with Crippen molar-refractivity contribution in [3.8, 4) is 0 Å². The molecule has 0 radical (unpaired) electrons. The lowest BCUT2D eigenvalue weighted by molar-refractivity contribution is -0.141. The fourth-order valence-corrected chi connectivity index (χ4v) is 3.66. The zero-order chi connectivity index (χ0) is 12.4. The number of carbonyl (C=O) groups is 1. The summed E-state index contributed by atoms with van der Waals surface area (Å²) in [7, 11) is -2.87. The van der Waals surface area contributed by atoms with Gasteiger partial charge in [0.25, 0.3) is 0 Å². The van der Waals surface area contributed by atoms with Gasteiger partial charge in [0.15, 0.2) is 0 Å². The van der Waals surface area contributed by atoms with Crippen molar-refractivity contribution in [1.29, 1.82) is 0 Å². The van der Waals surface area contributed by atoms with Crippen LogP contribution in [-0.4, -0.2) is 41.2 Å². The van der Waals surface area contributed by atoms with Crippen LogP contribution in [0.3, 0.4) is 0 Å². The van der Waals surface area contributed by atoms with Crippen LogP contribution >= 0.6 is 0 Å². The van der Waals surface area contributed by atoms with Crippen molar-refractivity contribution in [3.05, 3.63) is 0 Å². The molecule has 96 valence electrons. The summed E-state index contributed by atoms with van der Waals surface area (Å²) in [5, 5.41) is 0. The molecule has 6 heteroatoms. The van der Waals surface area contributed by atoms with Crippen molar-refractivity contribution in [3.63, 3.8) is 0 Å². The van der Waals surface area contributed by atoms with Gasteiger partial charge in [-0.2, -0.15) is 0 Å². The summed E-state index contributed by atoms with van der Waals surface area (Å²) in [6.07, 6.45) is 0. The molecule has 0 aromatic carbocycles. The zero-order valence-electron chi connectivity index (χ0n) is 10.6. The molecule has 5 nitrogen and oxygen atoms in total. The van der Waals surface area contributed by atoms with Crippen molar-refractivity contribution in [2.45, 2.75) is 33.7 Å². The molecule has 0 aliphatic carbocycles. The number of hydrogen-bond acceptors (Lipinski definition) is 5.